The third-order valence-corrected chi connectivity index (χ3v) is 6.95. The van der Waals surface area contributed by atoms with Gasteiger partial charge in [-0.15, -0.1) is 0 Å². The van der Waals surface area contributed by atoms with Crippen LogP contribution in [0.15, 0.2) is 65.6 Å². The summed E-state index contributed by atoms with van der Waals surface area (Å²) in [6.45, 7) is 2.35. The second-order valence-corrected chi connectivity index (χ2v) is 8.93. The van der Waals surface area contributed by atoms with Gasteiger partial charge in [-0.3, -0.25) is 9.59 Å². The van der Waals surface area contributed by atoms with Gasteiger partial charge in [0.1, 0.15) is 6.04 Å². The fourth-order valence-corrected chi connectivity index (χ4v) is 5.37. The van der Waals surface area contributed by atoms with Crippen LogP contribution in [0.3, 0.4) is 0 Å². The van der Waals surface area contributed by atoms with Gasteiger partial charge in [0.2, 0.25) is 10.0 Å². The standard InChI is InChI=1S/C23H22N2O5S/c1-3-25-19-12-13-20(16-10-7-11-17(21(16)19)22(25)26)31(28,29)24-18(23(27)30-2)14-15-8-5-4-6-9-15/h4-13,18,24H,3,14H2,1-2H3/t18-/m0/s1. The van der Waals surface area contributed by atoms with Gasteiger partial charge in [0.05, 0.1) is 17.7 Å². The Labute approximate surface area is 180 Å². The first-order chi connectivity index (χ1) is 14.9. The third-order valence-electron chi connectivity index (χ3n) is 5.42. The average Bonchev–Trinajstić information content (AvgIpc) is 3.06. The van der Waals surface area contributed by atoms with E-state index in [1.165, 1.54) is 13.2 Å². The van der Waals surface area contributed by atoms with Gasteiger partial charge in [-0.1, -0.05) is 42.5 Å². The van der Waals surface area contributed by atoms with Crippen molar-refractivity contribution >= 4 is 38.4 Å². The van der Waals surface area contributed by atoms with Crippen LogP contribution in [0, 0.1) is 0 Å². The zero-order valence-electron chi connectivity index (χ0n) is 17.2. The maximum absolute atomic E-state index is 13.3. The molecule has 0 radical (unpaired) electrons. The first kappa shape index (κ1) is 21.0. The van der Waals surface area contributed by atoms with E-state index in [-0.39, 0.29) is 17.2 Å². The number of ether oxygens (including phenoxy) is 1. The monoisotopic (exact) mass is 438 g/mol. The van der Waals surface area contributed by atoms with Crippen LogP contribution in [-0.2, 0) is 26.0 Å². The van der Waals surface area contributed by atoms with Crippen molar-refractivity contribution < 1.29 is 22.7 Å². The van der Waals surface area contributed by atoms with Crippen LogP contribution in [-0.4, -0.2) is 40.0 Å². The molecule has 0 aliphatic carbocycles. The summed E-state index contributed by atoms with van der Waals surface area (Å²) in [5, 5.41) is 1.05. The first-order valence-corrected chi connectivity index (χ1v) is 11.4. The molecule has 0 unspecified atom stereocenters. The summed E-state index contributed by atoms with van der Waals surface area (Å²) in [4.78, 5) is 26.6. The maximum atomic E-state index is 13.3. The van der Waals surface area contributed by atoms with Crippen LogP contribution in [0.25, 0.3) is 10.8 Å². The van der Waals surface area contributed by atoms with Crippen LogP contribution < -0.4 is 9.62 Å². The van der Waals surface area contributed by atoms with E-state index in [1.807, 2.05) is 37.3 Å². The number of nitrogens with zero attached hydrogens (tertiary/aromatic N) is 1. The number of sulfonamides is 1. The average molecular weight is 439 g/mol. The van der Waals surface area contributed by atoms with E-state index in [2.05, 4.69) is 4.72 Å². The molecule has 0 saturated carbocycles. The zero-order chi connectivity index (χ0) is 22.2. The fourth-order valence-electron chi connectivity index (χ4n) is 3.98. The van der Waals surface area contributed by atoms with Crippen molar-refractivity contribution in [2.24, 2.45) is 0 Å². The second kappa shape index (κ2) is 8.13. The number of anilines is 1. The molecule has 1 aliphatic heterocycles. The zero-order valence-corrected chi connectivity index (χ0v) is 18.0. The number of nitrogens with one attached hydrogen (secondary N) is 1. The summed E-state index contributed by atoms with van der Waals surface area (Å²) in [6.07, 6.45) is 0.149. The van der Waals surface area contributed by atoms with Crippen molar-refractivity contribution in [1.29, 1.82) is 0 Å². The summed E-state index contributed by atoms with van der Waals surface area (Å²) in [5.41, 5.74) is 1.95. The Morgan fingerprint density at radius 3 is 2.48 bits per heavy atom. The molecule has 1 N–H and O–H groups in total. The van der Waals surface area contributed by atoms with E-state index in [4.69, 9.17) is 4.74 Å². The number of hydrogen-bond acceptors (Lipinski definition) is 5. The third kappa shape index (κ3) is 3.68. The number of esters is 1. The van der Waals surface area contributed by atoms with Crippen LogP contribution in [0.2, 0.25) is 0 Å². The van der Waals surface area contributed by atoms with Gasteiger partial charge < -0.3 is 9.64 Å². The number of hydrogen-bond donors (Lipinski definition) is 1. The summed E-state index contributed by atoms with van der Waals surface area (Å²) >= 11 is 0. The molecular weight excluding hydrogens is 416 g/mol. The van der Waals surface area contributed by atoms with Crippen LogP contribution in [0.4, 0.5) is 5.69 Å². The Balaban J connectivity index is 1.76. The summed E-state index contributed by atoms with van der Waals surface area (Å²) in [6, 6.07) is 16.2. The van der Waals surface area contributed by atoms with Crippen molar-refractivity contribution in [2.45, 2.75) is 24.3 Å². The lowest BCUT2D eigenvalue weighted by Gasteiger charge is -2.18. The molecule has 0 fully saturated rings. The molecule has 0 spiro atoms. The van der Waals surface area contributed by atoms with Crippen LogP contribution in [0.5, 0.6) is 0 Å². The molecule has 4 rings (SSSR count). The summed E-state index contributed by atoms with van der Waals surface area (Å²) in [7, 11) is -2.87. The molecule has 7 nitrogen and oxygen atoms in total. The topological polar surface area (TPSA) is 92.8 Å². The number of carbonyl (C=O) groups excluding carboxylic acids is 2. The van der Waals surface area contributed by atoms with E-state index in [1.54, 1.807) is 29.2 Å². The molecule has 0 bridgehead atoms. The minimum Gasteiger partial charge on any atom is -0.468 e. The smallest absolute Gasteiger partial charge is 0.324 e. The van der Waals surface area contributed by atoms with E-state index in [0.717, 1.165) is 5.56 Å². The highest BCUT2D eigenvalue weighted by atomic mass is 32.2. The van der Waals surface area contributed by atoms with Gasteiger partial charge in [0, 0.05) is 22.9 Å². The molecule has 3 aromatic carbocycles. The van der Waals surface area contributed by atoms with Gasteiger partial charge in [0.25, 0.3) is 5.91 Å². The van der Waals surface area contributed by atoms with Crippen molar-refractivity contribution in [3.63, 3.8) is 0 Å². The molecule has 1 atom stereocenters. The van der Waals surface area contributed by atoms with Gasteiger partial charge in [-0.2, -0.15) is 4.72 Å². The Morgan fingerprint density at radius 1 is 1.06 bits per heavy atom. The van der Waals surface area contributed by atoms with E-state index >= 15 is 0 Å². The minimum atomic E-state index is -4.09. The molecule has 1 aliphatic rings. The maximum Gasteiger partial charge on any atom is 0.324 e. The largest absolute Gasteiger partial charge is 0.468 e. The van der Waals surface area contributed by atoms with E-state index in [0.29, 0.717) is 28.6 Å². The Morgan fingerprint density at radius 2 is 1.81 bits per heavy atom. The normalized spacial score (nSPS) is 14.1. The quantitative estimate of drug-likeness (QED) is 0.573. The lowest BCUT2D eigenvalue weighted by Crippen LogP contribution is -2.43. The number of rotatable bonds is 7. The highest BCUT2D eigenvalue weighted by Gasteiger charge is 2.33. The first-order valence-electron chi connectivity index (χ1n) is 9.89. The predicted molar refractivity (Wildman–Crippen MR) is 118 cm³/mol. The number of methoxy groups -OCH3 is 1. The molecule has 31 heavy (non-hydrogen) atoms. The van der Waals surface area contributed by atoms with Crippen molar-refractivity contribution in [1.82, 2.24) is 4.72 Å². The molecule has 8 heteroatoms. The van der Waals surface area contributed by atoms with Crippen LogP contribution in [0.1, 0.15) is 22.8 Å². The van der Waals surface area contributed by atoms with Gasteiger partial charge in [-0.05, 0) is 37.1 Å². The molecule has 0 saturated heterocycles. The molecule has 3 aromatic rings. The van der Waals surface area contributed by atoms with Crippen molar-refractivity contribution in [3.05, 3.63) is 71.8 Å². The molecule has 0 aromatic heterocycles. The van der Waals surface area contributed by atoms with Gasteiger partial charge in [-0.25, -0.2) is 8.42 Å². The molecule has 1 heterocycles. The van der Waals surface area contributed by atoms with E-state index < -0.39 is 22.0 Å². The number of carbonyl (C=O) groups is 2. The second-order valence-electron chi connectivity index (χ2n) is 7.25. The van der Waals surface area contributed by atoms with E-state index in [9.17, 15) is 18.0 Å². The highest BCUT2D eigenvalue weighted by molar-refractivity contribution is 7.89. The highest BCUT2D eigenvalue weighted by Crippen LogP contribution is 2.39. The molecule has 1 amide bonds. The SMILES string of the molecule is CCN1C(=O)c2cccc3c(S(=O)(=O)N[C@@H](Cc4ccccc4)C(=O)OC)ccc1c23. The van der Waals surface area contributed by atoms with Crippen molar-refractivity contribution in [3.8, 4) is 0 Å². The lowest BCUT2D eigenvalue weighted by atomic mass is 10.1. The fraction of sp³-hybridized carbons (Fsp3) is 0.217. The Hall–Kier alpha value is -3.23. The van der Waals surface area contributed by atoms with Gasteiger partial charge >= 0.3 is 5.97 Å². The van der Waals surface area contributed by atoms with Gasteiger partial charge in [0.15, 0.2) is 0 Å². The minimum absolute atomic E-state index is 0.0146. The lowest BCUT2D eigenvalue weighted by molar-refractivity contribution is -0.142. The number of amides is 1. The summed E-state index contributed by atoms with van der Waals surface area (Å²) < 4.78 is 34.0. The van der Waals surface area contributed by atoms with Crippen molar-refractivity contribution in [2.75, 3.05) is 18.6 Å². The Bertz CT molecular complexity index is 1270. The molecular formula is C23H22N2O5S. The molecule has 160 valence electrons. The number of benzene rings is 3. The predicted octanol–water partition coefficient (Wildman–Crippen LogP) is 2.88. The Kier molecular flexibility index (Phi) is 5.51. The summed E-state index contributed by atoms with van der Waals surface area (Å²) in [5.74, 6) is -0.826. The van der Waals surface area contributed by atoms with Crippen LogP contribution >= 0.6 is 0 Å².